The number of hydrogen-bond acceptors (Lipinski definition) is 4. The summed E-state index contributed by atoms with van der Waals surface area (Å²) < 4.78 is 1.98. The average Bonchev–Trinajstić information content (AvgIpc) is 3.37. The Kier molecular flexibility index (Phi) is 2.72. The Balaban J connectivity index is 1.59. The molecule has 0 spiro atoms. The van der Waals surface area contributed by atoms with E-state index in [-0.39, 0.29) is 0 Å². The Morgan fingerprint density at radius 3 is 2.35 bits per heavy atom. The van der Waals surface area contributed by atoms with Crippen LogP contribution >= 0.6 is 0 Å². The predicted molar refractivity (Wildman–Crippen MR) is 76.6 cm³/mol. The molecule has 0 unspecified atom stereocenters. The number of hydrogen-bond donors (Lipinski definition) is 1. The number of benzene rings is 1. The zero-order valence-electron chi connectivity index (χ0n) is 11.4. The highest BCUT2D eigenvalue weighted by Crippen LogP contribution is 2.49. The number of aromatic nitrogens is 4. The first kappa shape index (κ1) is 11.9. The van der Waals surface area contributed by atoms with E-state index in [2.05, 4.69) is 15.5 Å². The van der Waals surface area contributed by atoms with Crippen LogP contribution in [0.15, 0.2) is 24.3 Å². The van der Waals surface area contributed by atoms with Crippen LogP contribution in [0, 0.1) is 17.8 Å². The molecule has 2 fully saturated rings. The molecular formula is C15H19N5. The maximum absolute atomic E-state index is 5.74. The normalized spacial score (nSPS) is 18.6. The Hall–Kier alpha value is -1.91. The standard InChI is InChI=1S/C15H19N5/c16-13-7-5-12(6-8-13)15-17-18-19-20(15)9-14(10-1-2-10)11-3-4-11/h5-8,10-11,14H,1-4,9,16H2. The van der Waals surface area contributed by atoms with Crippen molar-refractivity contribution in [3.8, 4) is 11.4 Å². The van der Waals surface area contributed by atoms with Gasteiger partial charge in [0.25, 0.3) is 0 Å². The highest BCUT2D eigenvalue weighted by atomic mass is 15.5. The number of rotatable bonds is 5. The summed E-state index contributed by atoms with van der Waals surface area (Å²) in [6.45, 7) is 0.960. The van der Waals surface area contributed by atoms with Crippen molar-refractivity contribution in [3.63, 3.8) is 0 Å². The summed E-state index contributed by atoms with van der Waals surface area (Å²) in [4.78, 5) is 0. The molecule has 2 N–H and O–H groups in total. The van der Waals surface area contributed by atoms with E-state index in [0.29, 0.717) is 0 Å². The Labute approximate surface area is 118 Å². The highest BCUT2D eigenvalue weighted by Gasteiger charge is 2.41. The number of nitrogen functional groups attached to an aromatic ring is 1. The largest absolute Gasteiger partial charge is 0.399 e. The fourth-order valence-corrected chi connectivity index (χ4v) is 3.10. The molecule has 2 aliphatic rings. The second-order valence-electron chi connectivity index (χ2n) is 6.15. The van der Waals surface area contributed by atoms with Crippen LogP contribution in [0.4, 0.5) is 5.69 Å². The molecule has 1 aromatic carbocycles. The average molecular weight is 269 g/mol. The Morgan fingerprint density at radius 2 is 1.75 bits per heavy atom. The van der Waals surface area contributed by atoms with Gasteiger partial charge in [-0.3, -0.25) is 0 Å². The lowest BCUT2D eigenvalue weighted by molar-refractivity contribution is 0.331. The van der Waals surface area contributed by atoms with Crippen LogP contribution in [0.1, 0.15) is 25.7 Å². The van der Waals surface area contributed by atoms with Crippen LogP contribution < -0.4 is 5.73 Å². The number of nitrogens with zero attached hydrogens (tertiary/aromatic N) is 4. The lowest BCUT2D eigenvalue weighted by atomic mass is 9.98. The van der Waals surface area contributed by atoms with Gasteiger partial charge in [0.05, 0.1) is 0 Å². The SMILES string of the molecule is Nc1ccc(-c2nnnn2CC(C2CC2)C2CC2)cc1. The fourth-order valence-electron chi connectivity index (χ4n) is 3.10. The third kappa shape index (κ3) is 2.28. The maximum Gasteiger partial charge on any atom is 0.182 e. The first-order valence-electron chi connectivity index (χ1n) is 7.43. The van der Waals surface area contributed by atoms with Crippen LogP contribution in [-0.2, 0) is 6.54 Å². The molecule has 0 bridgehead atoms. The summed E-state index contributed by atoms with van der Waals surface area (Å²) in [5.41, 5.74) is 7.54. The summed E-state index contributed by atoms with van der Waals surface area (Å²) in [5.74, 6) is 3.44. The van der Waals surface area contributed by atoms with Gasteiger partial charge < -0.3 is 5.73 Å². The van der Waals surface area contributed by atoms with Gasteiger partial charge in [0.15, 0.2) is 5.82 Å². The second kappa shape index (κ2) is 4.58. The van der Waals surface area contributed by atoms with Gasteiger partial charge in [0.1, 0.15) is 0 Å². The highest BCUT2D eigenvalue weighted by molar-refractivity contribution is 5.58. The van der Waals surface area contributed by atoms with Gasteiger partial charge in [-0.15, -0.1) is 5.10 Å². The quantitative estimate of drug-likeness (QED) is 0.846. The molecule has 2 aromatic rings. The van der Waals surface area contributed by atoms with Gasteiger partial charge in [0, 0.05) is 17.8 Å². The van der Waals surface area contributed by atoms with Crippen LogP contribution in [0.5, 0.6) is 0 Å². The van der Waals surface area contributed by atoms with Crippen LogP contribution in [0.25, 0.3) is 11.4 Å². The van der Waals surface area contributed by atoms with Gasteiger partial charge in [-0.2, -0.15) is 0 Å². The van der Waals surface area contributed by atoms with Crippen molar-refractivity contribution in [3.05, 3.63) is 24.3 Å². The topological polar surface area (TPSA) is 69.6 Å². The molecule has 0 aliphatic heterocycles. The van der Waals surface area contributed by atoms with Crippen molar-refractivity contribution < 1.29 is 0 Å². The van der Waals surface area contributed by atoms with Crippen molar-refractivity contribution in [1.29, 1.82) is 0 Å². The van der Waals surface area contributed by atoms with Crippen LogP contribution in [-0.4, -0.2) is 20.2 Å². The zero-order chi connectivity index (χ0) is 13.5. The molecular weight excluding hydrogens is 250 g/mol. The molecule has 1 heterocycles. The van der Waals surface area contributed by atoms with E-state index in [1.165, 1.54) is 25.7 Å². The third-order valence-corrected chi connectivity index (χ3v) is 4.54. The lowest BCUT2D eigenvalue weighted by Gasteiger charge is -2.15. The van der Waals surface area contributed by atoms with E-state index in [9.17, 15) is 0 Å². The maximum atomic E-state index is 5.74. The fraction of sp³-hybridized carbons (Fsp3) is 0.533. The third-order valence-electron chi connectivity index (χ3n) is 4.54. The van der Waals surface area contributed by atoms with Crippen molar-refractivity contribution in [2.75, 3.05) is 5.73 Å². The molecule has 2 saturated carbocycles. The van der Waals surface area contributed by atoms with Crippen molar-refractivity contribution in [2.24, 2.45) is 17.8 Å². The molecule has 1 aromatic heterocycles. The monoisotopic (exact) mass is 269 g/mol. The molecule has 0 amide bonds. The zero-order valence-corrected chi connectivity index (χ0v) is 11.4. The van der Waals surface area contributed by atoms with E-state index in [1.807, 2.05) is 28.9 Å². The minimum atomic E-state index is 0.765. The molecule has 5 heteroatoms. The minimum Gasteiger partial charge on any atom is -0.399 e. The molecule has 104 valence electrons. The first-order chi connectivity index (χ1) is 9.81. The van der Waals surface area contributed by atoms with Crippen LogP contribution in [0.2, 0.25) is 0 Å². The van der Waals surface area contributed by atoms with Crippen LogP contribution in [0.3, 0.4) is 0 Å². The molecule has 0 radical (unpaired) electrons. The number of tetrazole rings is 1. The van der Waals surface area contributed by atoms with Gasteiger partial charge in [0.2, 0.25) is 0 Å². The number of nitrogens with two attached hydrogens (primary N) is 1. The van der Waals surface area contributed by atoms with Crippen molar-refractivity contribution in [2.45, 2.75) is 32.2 Å². The minimum absolute atomic E-state index is 0.765. The predicted octanol–water partition coefficient (Wildman–Crippen LogP) is 2.36. The molecule has 0 atom stereocenters. The summed E-state index contributed by atoms with van der Waals surface area (Å²) >= 11 is 0. The molecule has 5 nitrogen and oxygen atoms in total. The molecule has 2 aliphatic carbocycles. The van der Waals surface area contributed by atoms with Gasteiger partial charge in [-0.25, -0.2) is 4.68 Å². The first-order valence-corrected chi connectivity index (χ1v) is 7.43. The number of anilines is 1. The Bertz CT molecular complexity index is 583. The van der Waals surface area contributed by atoms with E-state index in [0.717, 1.165) is 41.4 Å². The van der Waals surface area contributed by atoms with E-state index in [4.69, 9.17) is 5.73 Å². The van der Waals surface area contributed by atoms with Gasteiger partial charge in [-0.05, 0) is 78.1 Å². The smallest absolute Gasteiger partial charge is 0.182 e. The molecule has 0 saturated heterocycles. The molecule has 4 rings (SSSR count). The summed E-state index contributed by atoms with van der Waals surface area (Å²) in [5, 5.41) is 12.3. The van der Waals surface area contributed by atoms with Crippen molar-refractivity contribution >= 4 is 5.69 Å². The van der Waals surface area contributed by atoms with Crippen molar-refractivity contribution in [1.82, 2.24) is 20.2 Å². The van der Waals surface area contributed by atoms with Gasteiger partial charge >= 0.3 is 0 Å². The van der Waals surface area contributed by atoms with E-state index < -0.39 is 0 Å². The summed E-state index contributed by atoms with van der Waals surface area (Å²) in [6, 6.07) is 7.77. The van der Waals surface area contributed by atoms with E-state index in [1.54, 1.807) is 0 Å². The van der Waals surface area contributed by atoms with E-state index >= 15 is 0 Å². The summed E-state index contributed by atoms with van der Waals surface area (Å²) in [7, 11) is 0. The summed E-state index contributed by atoms with van der Waals surface area (Å²) in [6.07, 6.45) is 5.56. The van der Waals surface area contributed by atoms with Gasteiger partial charge in [-0.1, -0.05) is 0 Å². The Morgan fingerprint density at radius 1 is 1.10 bits per heavy atom. The lowest BCUT2D eigenvalue weighted by Crippen LogP contribution is -2.17. The second-order valence-corrected chi connectivity index (χ2v) is 6.15. The molecule has 20 heavy (non-hydrogen) atoms.